The van der Waals surface area contributed by atoms with Gasteiger partial charge in [0.1, 0.15) is 0 Å². The van der Waals surface area contributed by atoms with Gasteiger partial charge in [0.25, 0.3) is 0 Å². The van der Waals surface area contributed by atoms with Crippen LogP contribution >= 0.6 is 0 Å². The minimum Gasteiger partial charge on any atom is -0.326 e. The van der Waals surface area contributed by atoms with Crippen molar-refractivity contribution in [2.75, 3.05) is 0 Å². The SMILES string of the molecule is N#Cc1c[c]cc(CN)c1. The van der Waals surface area contributed by atoms with Crippen LogP contribution in [0.1, 0.15) is 11.1 Å². The van der Waals surface area contributed by atoms with E-state index in [0.29, 0.717) is 12.1 Å². The molecule has 49 valence electrons. The van der Waals surface area contributed by atoms with Gasteiger partial charge in [-0.15, -0.1) is 0 Å². The number of nitriles is 1. The molecule has 0 saturated heterocycles. The lowest BCUT2D eigenvalue weighted by atomic mass is 10.1. The first-order valence-electron chi connectivity index (χ1n) is 2.97. The molecule has 0 aliphatic heterocycles. The van der Waals surface area contributed by atoms with Crippen LogP contribution in [-0.4, -0.2) is 0 Å². The van der Waals surface area contributed by atoms with E-state index in [2.05, 4.69) is 6.07 Å². The summed E-state index contributed by atoms with van der Waals surface area (Å²) in [5, 5.41) is 8.45. The molecule has 0 bridgehead atoms. The third-order valence-corrected chi connectivity index (χ3v) is 1.21. The van der Waals surface area contributed by atoms with E-state index in [-0.39, 0.29) is 0 Å². The topological polar surface area (TPSA) is 49.8 Å². The number of rotatable bonds is 1. The first kappa shape index (κ1) is 6.79. The van der Waals surface area contributed by atoms with Crippen LogP contribution in [0.5, 0.6) is 0 Å². The molecule has 0 atom stereocenters. The maximum atomic E-state index is 8.45. The Morgan fingerprint density at radius 2 is 2.40 bits per heavy atom. The minimum absolute atomic E-state index is 0.464. The van der Waals surface area contributed by atoms with Crippen molar-refractivity contribution in [1.82, 2.24) is 0 Å². The molecule has 1 aromatic rings. The Kier molecular flexibility index (Phi) is 2.03. The van der Waals surface area contributed by atoms with Crippen molar-refractivity contribution in [2.45, 2.75) is 6.54 Å². The van der Waals surface area contributed by atoms with Crippen LogP contribution in [0.2, 0.25) is 0 Å². The van der Waals surface area contributed by atoms with Crippen molar-refractivity contribution in [3.05, 3.63) is 35.4 Å². The molecule has 0 saturated carbocycles. The van der Waals surface area contributed by atoms with Crippen LogP contribution in [0.3, 0.4) is 0 Å². The van der Waals surface area contributed by atoms with Crippen LogP contribution in [0.25, 0.3) is 0 Å². The van der Waals surface area contributed by atoms with Gasteiger partial charge in [-0.2, -0.15) is 5.26 Å². The fraction of sp³-hybridized carbons (Fsp3) is 0.125. The monoisotopic (exact) mass is 131 g/mol. The zero-order valence-electron chi connectivity index (χ0n) is 5.46. The molecule has 1 radical (unpaired) electrons. The molecule has 0 spiro atoms. The van der Waals surface area contributed by atoms with Gasteiger partial charge in [-0.05, 0) is 29.8 Å². The lowest BCUT2D eigenvalue weighted by Crippen LogP contribution is -1.95. The second-order valence-electron chi connectivity index (χ2n) is 1.95. The van der Waals surface area contributed by atoms with Crippen LogP contribution in [0.4, 0.5) is 0 Å². The summed E-state index contributed by atoms with van der Waals surface area (Å²) in [6.07, 6.45) is 0. The van der Waals surface area contributed by atoms with Crippen molar-refractivity contribution >= 4 is 0 Å². The quantitative estimate of drug-likeness (QED) is 0.613. The number of benzene rings is 1. The molecule has 10 heavy (non-hydrogen) atoms. The summed E-state index contributed by atoms with van der Waals surface area (Å²) in [5.74, 6) is 0. The molecular formula is C8H7N2. The van der Waals surface area contributed by atoms with Crippen molar-refractivity contribution in [1.29, 1.82) is 5.26 Å². The summed E-state index contributed by atoms with van der Waals surface area (Å²) in [7, 11) is 0. The normalized spacial score (nSPS) is 8.80. The van der Waals surface area contributed by atoms with Crippen LogP contribution in [0.15, 0.2) is 18.2 Å². The van der Waals surface area contributed by atoms with Gasteiger partial charge < -0.3 is 5.73 Å². The van der Waals surface area contributed by atoms with E-state index in [0.717, 1.165) is 5.56 Å². The molecule has 0 unspecified atom stereocenters. The predicted molar refractivity (Wildman–Crippen MR) is 37.9 cm³/mol. The van der Waals surface area contributed by atoms with Gasteiger partial charge in [-0.3, -0.25) is 0 Å². The molecule has 0 aromatic heterocycles. The average Bonchev–Trinajstić information content (AvgIpc) is 2.05. The summed E-state index contributed by atoms with van der Waals surface area (Å²) >= 11 is 0. The van der Waals surface area contributed by atoms with Gasteiger partial charge in [0.2, 0.25) is 0 Å². The van der Waals surface area contributed by atoms with Crippen molar-refractivity contribution < 1.29 is 0 Å². The van der Waals surface area contributed by atoms with Crippen molar-refractivity contribution in [3.63, 3.8) is 0 Å². The Bertz CT molecular complexity index is 260. The molecule has 2 heteroatoms. The summed E-state index contributed by atoms with van der Waals surface area (Å²) in [6, 6.07) is 10.0. The summed E-state index contributed by atoms with van der Waals surface area (Å²) in [4.78, 5) is 0. The Morgan fingerprint density at radius 1 is 1.60 bits per heavy atom. The van der Waals surface area contributed by atoms with Crippen LogP contribution in [0, 0.1) is 17.4 Å². The predicted octanol–water partition coefficient (Wildman–Crippen LogP) is 0.817. The molecule has 0 fully saturated rings. The molecular weight excluding hydrogens is 124 g/mol. The maximum Gasteiger partial charge on any atom is 0.0991 e. The number of hydrogen-bond donors (Lipinski definition) is 1. The Morgan fingerprint density at radius 3 is 3.00 bits per heavy atom. The van der Waals surface area contributed by atoms with Crippen LogP contribution in [-0.2, 0) is 6.54 Å². The second kappa shape index (κ2) is 3.00. The zero-order chi connectivity index (χ0) is 7.40. The Balaban J connectivity index is 3.01. The van der Waals surface area contributed by atoms with E-state index < -0.39 is 0 Å². The summed E-state index contributed by atoms with van der Waals surface area (Å²) in [6.45, 7) is 0.464. The summed E-state index contributed by atoms with van der Waals surface area (Å²) in [5.41, 5.74) is 6.90. The molecule has 2 N–H and O–H groups in total. The van der Waals surface area contributed by atoms with E-state index in [4.69, 9.17) is 11.0 Å². The lowest BCUT2D eigenvalue weighted by Gasteiger charge is -1.93. The second-order valence-corrected chi connectivity index (χ2v) is 1.95. The first-order valence-corrected chi connectivity index (χ1v) is 2.97. The smallest absolute Gasteiger partial charge is 0.0991 e. The molecule has 1 aromatic carbocycles. The van der Waals surface area contributed by atoms with Crippen molar-refractivity contribution in [3.8, 4) is 6.07 Å². The number of nitrogens with zero attached hydrogens (tertiary/aromatic N) is 1. The van der Waals surface area contributed by atoms with Crippen molar-refractivity contribution in [2.24, 2.45) is 5.73 Å². The third-order valence-electron chi connectivity index (χ3n) is 1.21. The van der Waals surface area contributed by atoms with Gasteiger partial charge in [-0.1, -0.05) is 0 Å². The maximum absolute atomic E-state index is 8.45. The first-order chi connectivity index (χ1) is 4.86. The molecule has 0 heterocycles. The minimum atomic E-state index is 0.464. The number of hydrogen-bond acceptors (Lipinski definition) is 2. The van der Waals surface area contributed by atoms with E-state index >= 15 is 0 Å². The van der Waals surface area contributed by atoms with E-state index in [1.807, 2.05) is 6.07 Å². The molecule has 0 aliphatic rings. The van der Waals surface area contributed by atoms with E-state index in [9.17, 15) is 0 Å². The van der Waals surface area contributed by atoms with Gasteiger partial charge in [0.15, 0.2) is 0 Å². The third kappa shape index (κ3) is 1.34. The zero-order valence-corrected chi connectivity index (χ0v) is 5.46. The Labute approximate surface area is 59.9 Å². The van der Waals surface area contributed by atoms with Gasteiger partial charge in [0.05, 0.1) is 11.6 Å². The Hall–Kier alpha value is -1.33. The highest BCUT2D eigenvalue weighted by Gasteiger charge is 1.90. The van der Waals surface area contributed by atoms with E-state index in [1.165, 1.54) is 0 Å². The molecule has 0 aliphatic carbocycles. The fourth-order valence-corrected chi connectivity index (χ4v) is 0.704. The molecule has 2 nitrogen and oxygen atoms in total. The van der Waals surface area contributed by atoms with Gasteiger partial charge >= 0.3 is 0 Å². The summed E-state index contributed by atoms with van der Waals surface area (Å²) < 4.78 is 0. The highest BCUT2D eigenvalue weighted by Crippen LogP contribution is 2.01. The lowest BCUT2D eigenvalue weighted by molar-refractivity contribution is 1.07. The standard InChI is InChI=1S/C8H7N2/c9-5-7-2-1-3-8(4-7)6-10/h2-4H,5,9H2. The largest absolute Gasteiger partial charge is 0.326 e. The van der Waals surface area contributed by atoms with E-state index in [1.54, 1.807) is 18.2 Å². The van der Waals surface area contributed by atoms with Gasteiger partial charge in [0, 0.05) is 6.54 Å². The molecule has 0 amide bonds. The average molecular weight is 131 g/mol. The number of nitrogens with two attached hydrogens (primary N) is 1. The highest BCUT2D eigenvalue weighted by molar-refractivity contribution is 5.31. The molecule has 1 rings (SSSR count). The van der Waals surface area contributed by atoms with Gasteiger partial charge in [-0.25, -0.2) is 0 Å². The fourth-order valence-electron chi connectivity index (χ4n) is 0.704. The highest BCUT2D eigenvalue weighted by atomic mass is 14.5. The van der Waals surface area contributed by atoms with Crippen LogP contribution < -0.4 is 5.73 Å².